The van der Waals surface area contributed by atoms with Crippen LogP contribution in [0.25, 0.3) is 0 Å². The van der Waals surface area contributed by atoms with Gasteiger partial charge in [-0.25, -0.2) is 0 Å². The Morgan fingerprint density at radius 1 is 1.35 bits per heavy atom. The highest BCUT2D eigenvalue weighted by molar-refractivity contribution is 5.96. The number of nitrogens with one attached hydrogen (secondary N) is 1. The standard InChI is InChI=1S/C13H16N2O5/c1-9-5-6-10(15(19)20)8-11(9)13(18)14-7-3-2-4-12(16)17/h5-6,8H,2-4,7H2,1H3,(H,14,18)(H,16,17). The summed E-state index contributed by atoms with van der Waals surface area (Å²) in [5.74, 6) is -1.26. The number of carbonyl (C=O) groups is 2. The second-order valence-corrected chi connectivity index (χ2v) is 4.36. The number of rotatable bonds is 7. The van der Waals surface area contributed by atoms with Gasteiger partial charge in [0.15, 0.2) is 0 Å². The molecule has 2 N–H and O–H groups in total. The molecule has 0 atom stereocenters. The number of hydrogen-bond donors (Lipinski definition) is 2. The molecule has 0 radical (unpaired) electrons. The van der Waals surface area contributed by atoms with Gasteiger partial charge in [0.05, 0.1) is 4.92 Å². The second kappa shape index (κ2) is 7.22. The van der Waals surface area contributed by atoms with E-state index in [-0.39, 0.29) is 23.6 Å². The number of aliphatic carboxylic acids is 1. The van der Waals surface area contributed by atoms with Crippen LogP contribution in [0.4, 0.5) is 5.69 Å². The first-order chi connectivity index (χ1) is 9.41. The molecule has 0 aliphatic heterocycles. The molecular weight excluding hydrogens is 264 g/mol. The summed E-state index contributed by atoms with van der Waals surface area (Å²) in [6.45, 7) is 2.04. The minimum absolute atomic E-state index is 0.0612. The van der Waals surface area contributed by atoms with Crippen LogP contribution in [0.2, 0.25) is 0 Å². The largest absolute Gasteiger partial charge is 0.481 e. The molecule has 0 saturated heterocycles. The molecule has 0 aliphatic carbocycles. The van der Waals surface area contributed by atoms with Crippen LogP contribution in [0.15, 0.2) is 18.2 Å². The smallest absolute Gasteiger partial charge is 0.303 e. The molecule has 1 amide bonds. The number of nitrogens with zero attached hydrogens (tertiary/aromatic N) is 1. The van der Waals surface area contributed by atoms with Crippen molar-refractivity contribution in [3.63, 3.8) is 0 Å². The summed E-state index contributed by atoms with van der Waals surface area (Å²) in [6.07, 6.45) is 1.08. The fourth-order valence-electron chi connectivity index (χ4n) is 1.67. The number of non-ortho nitro benzene ring substituents is 1. The second-order valence-electron chi connectivity index (χ2n) is 4.36. The van der Waals surface area contributed by atoms with Crippen molar-refractivity contribution in [2.75, 3.05) is 6.54 Å². The van der Waals surface area contributed by atoms with Crippen molar-refractivity contribution in [3.05, 3.63) is 39.4 Å². The summed E-state index contributed by atoms with van der Waals surface area (Å²) < 4.78 is 0. The van der Waals surface area contributed by atoms with E-state index < -0.39 is 10.9 Å². The van der Waals surface area contributed by atoms with Crippen molar-refractivity contribution in [1.82, 2.24) is 5.32 Å². The number of amides is 1. The summed E-state index contributed by atoms with van der Waals surface area (Å²) in [5.41, 5.74) is 0.780. The number of carbonyl (C=O) groups excluding carboxylic acids is 1. The minimum Gasteiger partial charge on any atom is -0.481 e. The molecule has 0 heterocycles. The molecule has 7 heteroatoms. The monoisotopic (exact) mass is 280 g/mol. The van der Waals surface area contributed by atoms with Crippen molar-refractivity contribution in [2.24, 2.45) is 0 Å². The Morgan fingerprint density at radius 2 is 2.05 bits per heavy atom. The van der Waals surface area contributed by atoms with Gasteiger partial charge in [0.25, 0.3) is 11.6 Å². The van der Waals surface area contributed by atoms with Gasteiger partial charge in [-0.3, -0.25) is 19.7 Å². The van der Waals surface area contributed by atoms with Gasteiger partial charge in [-0.2, -0.15) is 0 Å². The molecule has 0 bridgehead atoms. The predicted octanol–water partition coefficient (Wildman–Crippen LogP) is 1.89. The van der Waals surface area contributed by atoms with Crippen LogP contribution in [0.3, 0.4) is 0 Å². The summed E-state index contributed by atoms with van der Waals surface area (Å²) in [6, 6.07) is 4.11. The van der Waals surface area contributed by atoms with E-state index in [9.17, 15) is 19.7 Å². The third-order valence-corrected chi connectivity index (χ3v) is 2.78. The van der Waals surface area contributed by atoms with E-state index in [2.05, 4.69) is 5.32 Å². The van der Waals surface area contributed by atoms with Crippen molar-refractivity contribution in [2.45, 2.75) is 26.2 Å². The van der Waals surface area contributed by atoms with Crippen LogP contribution in [0.5, 0.6) is 0 Å². The predicted molar refractivity (Wildman–Crippen MR) is 71.7 cm³/mol. The Balaban J connectivity index is 2.57. The van der Waals surface area contributed by atoms with Crippen molar-refractivity contribution >= 4 is 17.6 Å². The maximum absolute atomic E-state index is 11.9. The quantitative estimate of drug-likeness (QED) is 0.450. The van der Waals surface area contributed by atoms with Crippen LogP contribution in [0, 0.1) is 17.0 Å². The Labute approximate surface area is 115 Å². The summed E-state index contributed by atoms with van der Waals surface area (Å²) in [4.78, 5) is 32.3. The van der Waals surface area contributed by atoms with E-state index in [0.29, 0.717) is 24.9 Å². The zero-order valence-electron chi connectivity index (χ0n) is 11.1. The lowest BCUT2D eigenvalue weighted by molar-refractivity contribution is -0.384. The molecule has 1 aromatic carbocycles. The number of nitro benzene ring substituents is 1. The number of unbranched alkanes of at least 4 members (excludes halogenated alkanes) is 1. The Morgan fingerprint density at radius 3 is 2.65 bits per heavy atom. The first-order valence-corrected chi connectivity index (χ1v) is 6.17. The molecule has 0 fully saturated rings. The van der Waals surface area contributed by atoms with Crippen LogP contribution in [0.1, 0.15) is 35.2 Å². The highest BCUT2D eigenvalue weighted by Gasteiger charge is 2.14. The fraction of sp³-hybridized carbons (Fsp3) is 0.385. The number of hydrogen-bond acceptors (Lipinski definition) is 4. The lowest BCUT2D eigenvalue weighted by Gasteiger charge is -2.07. The van der Waals surface area contributed by atoms with Gasteiger partial charge in [0, 0.05) is 30.7 Å². The van der Waals surface area contributed by atoms with Gasteiger partial charge >= 0.3 is 5.97 Å². The molecule has 0 unspecified atom stereocenters. The zero-order chi connectivity index (χ0) is 15.1. The Bertz CT molecular complexity index is 527. The van der Waals surface area contributed by atoms with Gasteiger partial charge in [0.1, 0.15) is 0 Å². The third-order valence-electron chi connectivity index (χ3n) is 2.78. The van der Waals surface area contributed by atoms with E-state index in [1.807, 2.05) is 0 Å². The van der Waals surface area contributed by atoms with Gasteiger partial charge in [-0.15, -0.1) is 0 Å². The first kappa shape index (κ1) is 15.6. The summed E-state index contributed by atoms with van der Waals surface area (Å²) in [5, 5.41) is 21.8. The summed E-state index contributed by atoms with van der Waals surface area (Å²) >= 11 is 0. The molecular formula is C13H16N2O5. The van der Waals surface area contributed by atoms with Gasteiger partial charge in [0.2, 0.25) is 0 Å². The first-order valence-electron chi connectivity index (χ1n) is 6.17. The van der Waals surface area contributed by atoms with Gasteiger partial charge in [-0.05, 0) is 25.3 Å². The number of carboxylic acid groups (broad SMARTS) is 1. The van der Waals surface area contributed by atoms with Crippen molar-refractivity contribution in [3.8, 4) is 0 Å². The highest BCUT2D eigenvalue weighted by atomic mass is 16.6. The van der Waals surface area contributed by atoms with Gasteiger partial charge in [-0.1, -0.05) is 6.07 Å². The van der Waals surface area contributed by atoms with Crippen LogP contribution >= 0.6 is 0 Å². The van der Waals surface area contributed by atoms with Crippen LogP contribution in [-0.2, 0) is 4.79 Å². The lowest BCUT2D eigenvalue weighted by Crippen LogP contribution is -2.25. The average molecular weight is 280 g/mol. The molecule has 1 rings (SSSR count). The van der Waals surface area contributed by atoms with E-state index in [1.165, 1.54) is 18.2 Å². The zero-order valence-corrected chi connectivity index (χ0v) is 11.1. The van der Waals surface area contributed by atoms with Crippen LogP contribution in [-0.4, -0.2) is 28.5 Å². The number of aryl methyl sites for hydroxylation is 1. The maximum Gasteiger partial charge on any atom is 0.303 e. The minimum atomic E-state index is -0.870. The number of nitro groups is 1. The molecule has 0 aromatic heterocycles. The third kappa shape index (κ3) is 4.68. The van der Waals surface area contributed by atoms with Gasteiger partial charge < -0.3 is 10.4 Å². The van der Waals surface area contributed by atoms with Crippen molar-refractivity contribution in [1.29, 1.82) is 0 Å². The average Bonchev–Trinajstić information content (AvgIpc) is 2.37. The number of benzene rings is 1. The molecule has 0 aliphatic rings. The molecule has 20 heavy (non-hydrogen) atoms. The Kier molecular flexibility index (Phi) is 5.64. The molecule has 0 saturated carbocycles. The lowest BCUT2D eigenvalue weighted by atomic mass is 10.1. The topological polar surface area (TPSA) is 110 Å². The molecule has 1 aromatic rings. The van der Waals surface area contributed by atoms with E-state index in [0.717, 1.165) is 0 Å². The number of carboxylic acids is 1. The fourth-order valence-corrected chi connectivity index (χ4v) is 1.67. The SMILES string of the molecule is Cc1ccc([N+](=O)[O-])cc1C(=O)NCCCCC(=O)O. The molecule has 7 nitrogen and oxygen atoms in total. The van der Waals surface area contributed by atoms with E-state index in [1.54, 1.807) is 6.92 Å². The van der Waals surface area contributed by atoms with Crippen molar-refractivity contribution < 1.29 is 19.6 Å². The maximum atomic E-state index is 11.9. The molecule has 108 valence electrons. The van der Waals surface area contributed by atoms with E-state index in [4.69, 9.17) is 5.11 Å². The summed E-state index contributed by atoms with van der Waals surface area (Å²) in [7, 11) is 0. The highest BCUT2D eigenvalue weighted by Crippen LogP contribution is 2.17. The van der Waals surface area contributed by atoms with Crippen LogP contribution < -0.4 is 5.32 Å². The normalized spacial score (nSPS) is 10.1. The Hall–Kier alpha value is -2.44. The van der Waals surface area contributed by atoms with E-state index >= 15 is 0 Å². The molecule has 0 spiro atoms.